The average Bonchev–Trinajstić information content (AvgIpc) is 2.03. The van der Waals surface area contributed by atoms with E-state index in [9.17, 15) is 0 Å². The third-order valence-corrected chi connectivity index (χ3v) is 1.24. The van der Waals surface area contributed by atoms with Gasteiger partial charge in [0.05, 0.1) is 0 Å². The Balaban J connectivity index is 2.90. The molecule has 0 aromatic rings. The Hall–Kier alpha value is -0.630. The van der Waals surface area contributed by atoms with Gasteiger partial charge in [0, 0.05) is 13.1 Å². The summed E-state index contributed by atoms with van der Waals surface area (Å²) < 4.78 is 0. The predicted molar refractivity (Wildman–Crippen MR) is 51.3 cm³/mol. The van der Waals surface area contributed by atoms with Gasteiger partial charge in [0.2, 0.25) is 0 Å². The van der Waals surface area contributed by atoms with Gasteiger partial charge in [0.15, 0.2) is 0 Å². The minimum atomic E-state index is 0.900. The summed E-state index contributed by atoms with van der Waals surface area (Å²) in [6.45, 7) is 8.59. The zero-order valence-electron chi connectivity index (χ0n) is 7.34. The highest BCUT2D eigenvalue weighted by Crippen LogP contribution is 1.78. The van der Waals surface area contributed by atoms with Crippen LogP contribution in [-0.4, -0.2) is 25.8 Å². The molecule has 2 heteroatoms. The van der Waals surface area contributed by atoms with E-state index in [1.807, 2.05) is 12.3 Å². The molecular formula is C9H18N2. The molecule has 0 aliphatic carbocycles. The van der Waals surface area contributed by atoms with Crippen LogP contribution in [0.5, 0.6) is 0 Å². The average molecular weight is 154 g/mol. The van der Waals surface area contributed by atoms with Crippen molar-refractivity contribution in [3.63, 3.8) is 0 Å². The quantitative estimate of drug-likeness (QED) is 0.336. The van der Waals surface area contributed by atoms with Crippen molar-refractivity contribution in [2.24, 2.45) is 4.99 Å². The van der Waals surface area contributed by atoms with Crippen molar-refractivity contribution >= 4 is 6.21 Å². The Morgan fingerprint density at radius 1 is 1.55 bits per heavy atom. The van der Waals surface area contributed by atoms with E-state index < -0.39 is 0 Å². The summed E-state index contributed by atoms with van der Waals surface area (Å²) in [7, 11) is 0. The first-order valence-electron chi connectivity index (χ1n) is 4.21. The minimum Gasteiger partial charge on any atom is -0.313 e. The molecule has 0 fully saturated rings. The van der Waals surface area contributed by atoms with E-state index in [4.69, 9.17) is 0 Å². The molecule has 2 nitrogen and oxygen atoms in total. The zero-order valence-corrected chi connectivity index (χ0v) is 7.34. The minimum absolute atomic E-state index is 0.900. The lowest BCUT2D eigenvalue weighted by Crippen LogP contribution is -2.15. The maximum atomic E-state index is 4.20. The van der Waals surface area contributed by atoms with E-state index in [1.54, 1.807) is 0 Å². The Bertz CT molecular complexity index is 108. The van der Waals surface area contributed by atoms with Gasteiger partial charge in [0.25, 0.3) is 0 Å². The van der Waals surface area contributed by atoms with Crippen LogP contribution in [0.4, 0.5) is 0 Å². The number of aliphatic imine (C=N–C) groups is 1. The largest absolute Gasteiger partial charge is 0.313 e. The SMILES string of the molecule is C=CCNCCCN=CCC. The molecule has 0 aromatic heterocycles. The molecule has 1 N–H and O–H groups in total. The Labute approximate surface area is 69.4 Å². The van der Waals surface area contributed by atoms with E-state index in [1.165, 1.54) is 0 Å². The van der Waals surface area contributed by atoms with E-state index in [0.717, 1.165) is 32.5 Å². The number of nitrogens with zero attached hydrogens (tertiary/aromatic N) is 1. The van der Waals surface area contributed by atoms with Crippen LogP contribution in [0.1, 0.15) is 19.8 Å². The molecule has 0 heterocycles. The number of hydrogen-bond acceptors (Lipinski definition) is 2. The van der Waals surface area contributed by atoms with Gasteiger partial charge in [-0.1, -0.05) is 13.0 Å². The first kappa shape index (κ1) is 10.4. The van der Waals surface area contributed by atoms with Gasteiger partial charge < -0.3 is 5.32 Å². The van der Waals surface area contributed by atoms with Crippen LogP contribution in [0.3, 0.4) is 0 Å². The van der Waals surface area contributed by atoms with Crippen LogP contribution in [-0.2, 0) is 0 Å². The highest BCUT2D eigenvalue weighted by Gasteiger charge is 1.82. The van der Waals surface area contributed by atoms with Gasteiger partial charge in [-0.15, -0.1) is 6.58 Å². The van der Waals surface area contributed by atoms with Crippen LogP contribution < -0.4 is 5.32 Å². The maximum absolute atomic E-state index is 4.20. The van der Waals surface area contributed by atoms with Gasteiger partial charge in [-0.2, -0.15) is 0 Å². The van der Waals surface area contributed by atoms with Gasteiger partial charge in [-0.25, -0.2) is 0 Å². The Morgan fingerprint density at radius 3 is 3.00 bits per heavy atom. The van der Waals surface area contributed by atoms with Crippen molar-refractivity contribution in [3.05, 3.63) is 12.7 Å². The summed E-state index contributed by atoms with van der Waals surface area (Å²) >= 11 is 0. The molecule has 0 atom stereocenters. The maximum Gasteiger partial charge on any atom is 0.0397 e. The summed E-state index contributed by atoms with van der Waals surface area (Å²) in [6.07, 6.45) is 5.99. The van der Waals surface area contributed by atoms with E-state index in [2.05, 4.69) is 23.8 Å². The molecule has 11 heavy (non-hydrogen) atoms. The molecule has 0 spiro atoms. The van der Waals surface area contributed by atoms with Crippen LogP contribution in [0, 0.1) is 0 Å². The van der Waals surface area contributed by atoms with Crippen LogP contribution in [0.2, 0.25) is 0 Å². The third kappa shape index (κ3) is 9.37. The van der Waals surface area contributed by atoms with E-state index >= 15 is 0 Å². The van der Waals surface area contributed by atoms with Crippen molar-refractivity contribution in [3.8, 4) is 0 Å². The second-order valence-corrected chi connectivity index (χ2v) is 2.34. The molecule has 0 aromatic carbocycles. The lowest BCUT2D eigenvalue weighted by atomic mass is 10.4. The van der Waals surface area contributed by atoms with Crippen LogP contribution >= 0.6 is 0 Å². The van der Waals surface area contributed by atoms with Crippen molar-refractivity contribution in [2.75, 3.05) is 19.6 Å². The smallest absolute Gasteiger partial charge is 0.0397 e. The summed E-state index contributed by atoms with van der Waals surface area (Å²) in [5.41, 5.74) is 0. The molecule has 0 bridgehead atoms. The Kier molecular flexibility index (Phi) is 8.83. The molecule has 0 saturated carbocycles. The van der Waals surface area contributed by atoms with Gasteiger partial charge in [-0.05, 0) is 25.6 Å². The van der Waals surface area contributed by atoms with E-state index in [0.29, 0.717) is 0 Å². The van der Waals surface area contributed by atoms with Crippen LogP contribution in [0.25, 0.3) is 0 Å². The summed E-state index contributed by atoms with van der Waals surface area (Å²) in [4.78, 5) is 4.20. The standard InChI is InChI=1S/C9H18N2/c1-3-6-10-8-5-9-11-7-4-2/h3,7,10H,1,4-6,8-9H2,2H3. The second-order valence-electron chi connectivity index (χ2n) is 2.34. The third-order valence-electron chi connectivity index (χ3n) is 1.24. The molecule has 0 unspecified atom stereocenters. The molecule has 0 rings (SSSR count). The lowest BCUT2D eigenvalue weighted by molar-refractivity contribution is 0.701. The van der Waals surface area contributed by atoms with Crippen molar-refractivity contribution in [2.45, 2.75) is 19.8 Å². The zero-order chi connectivity index (χ0) is 8.36. The van der Waals surface area contributed by atoms with Gasteiger partial charge >= 0.3 is 0 Å². The summed E-state index contributed by atoms with van der Waals surface area (Å²) in [5.74, 6) is 0. The van der Waals surface area contributed by atoms with Gasteiger partial charge in [0.1, 0.15) is 0 Å². The summed E-state index contributed by atoms with van der Waals surface area (Å²) in [6, 6.07) is 0. The van der Waals surface area contributed by atoms with Crippen molar-refractivity contribution in [1.82, 2.24) is 5.32 Å². The lowest BCUT2D eigenvalue weighted by Gasteiger charge is -1.97. The summed E-state index contributed by atoms with van der Waals surface area (Å²) in [5, 5.41) is 3.22. The van der Waals surface area contributed by atoms with Gasteiger partial charge in [-0.3, -0.25) is 4.99 Å². The first-order chi connectivity index (χ1) is 5.41. The molecule has 0 aliphatic heterocycles. The molecule has 0 saturated heterocycles. The highest BCUT2D eigenvalue weighted by molar-refractivity contribution is 5.56. The first-order valence-corrected chi connectivity index (χ1v) is 4.21. The highest BCUT2D eigenvalue weighted by atomic mass is 14.8. The molecule has 0 amide bonds. The normalized spacial score (nSPS) is 10.6. The fourth-order valence-electron chi connectivity index (χ4n) is 0.720. The molecule has 64 valence electrons. The second kappa shape index (κ2) is 9.37. The van der Waals surface area contributed by atoms with Crippen molar-refractivity contribution < 1.29 is 0 Å². The number of hydrogen-bond donors (Lipinski definition) is 1. The predicted octanol–water partition coefficient (Wildman–Crippen LogP) is 1.63. The van der Waals surface area contributed by atoms with E-state index in [-0.39, 0.29) is 0 Å². The topological polar surface area (TPSA) is 24.4 Å². The fraction of sp³-hybridized carbons (Fsp3) is 0.667. The number of rotatable bonds is 7. The molecule has 0 radical (unpaired) electrons. The van der Waals surface area contributed by atoms with Crippen molar-refractivity contribution in [1.29, 1.82) is 0 Å². The number of nitrogens with one attached hydrogen (secondary N) is 1. The molecule has 0 aliphatic rings. The van der Waals surface area contributed by atoms with Crippen LogP contribution in [0.15, 0.2) is 17.6 Å². The molecular weight excluding hydrogens is 136 g/mol. The fourth-order valence-corrected chi connectivity index (χ4v) is 0.720. The Morgan fingerprint density at radius 2 is 2.36 bits per heavy atom. The monoisotopic (exact) mass is 154 g/mol.